The van der Waals surface area contributed by atoms with E-state index in [0.29, 0.717) is 0 Å². The summed E-state index contributed by atoms with van der Waals surface area (Å²) in [5.41, 5.74) is 1.67. The molecule has 0 radical (unpaired) electrons. The minimum absolute atomic E-state index is 0.200. The third-order valence-corrected chi connectivity index (χ3v) is 4.89. The Morgan fingerprint density at radius 3 is 3.20 bits per heavy atom. The maximum absolute atomic E-state index is 6.13. The second-order valence-corrected chi connectivity index (χ2v) is 6.40. The monoisotopic (exact) mass is 242 g/mol. The SMILES string of the molecule is CN1CCC2(C1)NCCc1sc(Cl)cc12. The number of nitrogens with one attached hydrogen (secondary N) is 1. The minimum atomic E-state index is 0.200. The van der Waals surface area contributed by atoms with Gasteiger partial charge < -0.3 is 10.2 Å². The highest BCUT2D eigenvalue weighted by atomic mass is 35.5. The first-order valence-electron chi connectivity index (χ1n) is 5.42. The molecule has 1 atom stereocenters. The summed E-state index contributed by atoms with van der Waals surface area (Å²) in [6.45, 7) is 3.39. The average molecular weight is 243 g/mol. The van der Waals surface area contributed by atoms with E-state index >= 15 is 0 Å². The van der Waals surface area contributed by atoms with E-state index in [-0.39, 0.29) is 5.54 Å². The van der Waals surface area contributed by atoms with Crippen LogP contribution >= 0.6 is 22.9 Å². The summed E-state index contributed by atoms with van der Waals surface area (Å²) in [5.74, 6) is 0. The third-order valence-electron chi connectivity index (χ3n) is 3.57. The van der Waals surface area contributed by atoms with Gasteiger partial charge in [-0.15, -0.1) is 11.3 Å². The van der Waals surface area contributed by atoms with Crippen LogP contribution in [0.15, 0.2) is 6.07 Å². The van der Waals surface area contributed by atoms with Gasteiger partial charge in [0.2, 0.25) is 0 Å². The lowest BCUT2D eigenvalue weighted by Gasteiger charge is -2.35. The Kier molecular flexibility index (Phi) is 2.32. The molecule has 1 spiro atoms. The summed E-state index contributed by atoms with van der Waals surface area (Å²) in [6.07, 6.45) is 2.35. The molecule has 2 aliphatic heterocycles. The van der Waals surface area contributed by atoms with Gasteiger partial charge in [0.25, 0.3) is 0 Å². The van der Waals surface area contributed by atoms with Crippen LogP contribution in [0.4, 0.5) is 0 Å². The van der Waals surface area contributed by atoms with Crippen molar-refractivity contribution in [3.8, 4) is 0 Å². The standard InChI is InChI=1S/C11H15ClN2S/c1-14-5-3-11(7-14)8-6-10(12)15-9(8)2-4-13-11/h6,13H,2-5,7H2,1H3. The van der Waals surface area contributed by atoms with Crippen molar-refractivity contribution >= 4 is 22.9 Å². The number of nitrogens with zero attached hydrogens (tertiary/aromatic N) is 1. The Bertz CT molecular complexity index is 390. The molecule has 3 heterocycles. The van der Waals surface area contributed by atoms with E-state index in [4.69, 9.17) is 11.6 Å². The van der Waals surface area contributed by atoms with E-state index in [0.717, 1.165) is 23.8 Å². The van der Waals surface area contributed by atoms with Crippen molar-refractivity contribution in [3.63, 3.8) is 0 Å². The largest absolute Gasteiger partial charge is 0.306 e. The van der Waals surface area contributed by atoms with Crippen molar-refractivity contribution < 1.29 is 0 Å². The zero-order valence-corrected chi connectivity index (χ0v) is 10.4. The van der Waals surface area contributed by atoms with Crippen LogP contribution in [0, 0.1) is 0 Å². The lowest BCUT2D eigenvalue weighted by molar-refractivity contribution is 0.306. The van der Waals surface area contributed by atoms with Crippen LogP contribution in [0.25, 0.3) is 0 Å². The van der Waals surface area contributed by atoms with E-state index in [2.05, 4.69) is 23.3 Å². The van der Waals surface area contributed by atoms with Gasteiger partial charge in [-0.25, -0.2) is 0 Å². The van der Waals surface area contributed by atoms with E-state index < -0.39 is 0 Å². The first-order chi connectivity index (χ1) is 7.20. The molecule has 1 unspecified atom stereocenters. The topological polar surface area (TPSA) is 15.3 Å². The van der Waals surface area contributed by atoms with Gasteiger partial charge in [-0.2, -0.15) is 0 Å². The molecule has 0 amide bonds. The fraction of sp³-hybridized carbons (Fsp3) is 0.636. The molecular formula is C11H15ClN2S. The molecule has 0 aliphatic carbocycles. The highest BCUT2D eigenvalue weighted by Crippen LogP contribution is 2.41. The quantitative estimate of drug-likeness (QED) is 0.750. The highest BCUT2D eigenvalue weighted by molar-refractivity contribution is 7.16. The maximum atomic E-state index is 6.13. The van der Waals surface area contributed by atoms with E-state index in [1.807, 2.05) is 0 Å². The van der Waals surface area contributed by atoms with E-state index in [1.165, 1.54) is 23.4 Å². The van der Waals surface area contributed by atoms with Gasteiger partial charge >= 0.3 is 0 Å². The molecule has 2 aliphatic rings. The molecular weight excluding hydrogens is 228 g/mol. The van der Waals surface area contributed by atoms with Gasteiger partial charge in [0.05, 0.1) is 9.88 Å². The number of hydrogen-bond acceptors (Lipinski definition) is 3. The first kappa shape index (κ1) is 10.1. The molecule has 2 nitrogen and oxygen atoms in total. The Labute approximate surface area is 99.2 Å². The van der Waals surface area contributed by atoms with Gasteiger partial charge in [0.15, 0.2) is 0 Å². The van der Waals surface area contributed by atoms with Gasteiger partial charge in [-0.3, -0.25) is 0 Å². The van der Waals surface area contributed by atoms with Gasteiger partial charge in [0.1, 0.15) is 0 Å². The third kappa shape index (κ3) is 1.53. The second kappa shape index (κ2) is 3.45. The first-order valence-corrected chi connectivity index (χ1v) is 6.61. The zero-order chi connectivity index (χ0) is 10.5. The molecule has 0 aromatic carbocycles. The van der Waals surface area contributed by atoms with Crippen LogP contribution in [0.5, 0.6) is 0 Å². The molecule has 0 bridgehead atoms. The van der Waals surface area contributed by atoms with Crippen LogP contribution in [0.1, 0.15) is 16.9 Å². The molecule has 4 heteroatoms. The molecule has 15 heavy (non-hydrogen) atoms. The van der Waals surface area contributed by atoms with Crippen molar-refractivity contribution in [1.82, 2.24) is 10.2 Å². The van der Waals surface area contributed by atoms with Crippen molar-refractivity contribution in [1.29, 1.82) is 0 Å². The second-order valence-electron chi connectivity index (χ2n) is 4.63. The van der Waals surface area contributed by atoms with Gasteiger partial charge in [-0.1, -0.05) is 11.6 Å². The Hall–Kier alpha value is -0.0900. The summed E-state index contributed by atoms with van der Waals surface area (Å²) in [6, 6.07) is 2.17. The van der Waals surface area contributed by atoms with Crippen LogP contribution in [0.2, 0.25) is 4.34 Å². The molecule has 1 aromatic heterocycles. The lowest BCUT2D eigenvalue weighted by atomic mass is 9.86. The van der Waals surface area contributed by atoms with E-state index in [9.17, 15) is 0 Å². The van der Waals surface area contributed by atoms with Crippen molar-refractivity contribution in [2.24, 2.45) is 0 Å². The number of likely N-dealkylation sites (N-methyl/N-ethyl adjacent to an activating group) is 1. The number of hydrogen-bond donors (Lipinski definition) is 1. The van der Waals surface area contributed by atoms with Crippen molar-refractivity contribution in [3.05, 3.63) is 20.8 Å². The predicted molar refractivity (Wildman–Crippen MR) is 64.8 cm³/mol. The molecule has 1 fully saturated rings. The summed E-state index contributed by atoms with van der Waals surface area (Å²) in [4.78, 5) is 3.89. The zero-order valence-electron chi connectivity index (χ0n) is 8.85. The fourth-order valence-electron chi connectivity index (χ4n) is 2.86. The van der Waals surface area contributed by atoms with Crippen molar-refractivity contribution in [2.45, 2.75) is 18.4 Å². The van der Waals surface area contributed by atoms with Gasteiger partial charge in [0, 0.05) is 24.5 Å². The maximum Gasteiger partial charge on any atom is 0.0934 e. The Morgan fingerprint density at radius 2 is 2.47 bits per heavy atom. The fourth-order valence-corrected chi connectivity index (χ4v) is 4.23. The highest BCUT2D eigenvalue weighted by Gasteiger charge is 2.42. The van der Waals surface area contributed by atoms with Crippen LogP contribution < -0.4 is 5.32 Å². The van der Waals surface area contributed by atoms with E-state index in [1.54, 1.807) is 11.3 Å². The molecule has 1 saturated heterocycles. The number of halogens is 1. The molecule has 82 valence electrons. The smallest absolute Gasteiger partial charge is 0.0934 e. The molecule has 3 rings (SSSR count). The molecule has 1 N–H and O–H groups in total. The normalized spacial score (nSPS) is 31.1. The lowest BCUT2D eigenvalue weighted by Crippen LogP contribution is -2.48. The van der Waals surface area contributed by atoms with Crippen LogP contribution in [0.3, 0.4) is 0 Å². The Balaban J connectivity index is 2.05. The van der Waals surface area contributed by atoms with Gasteiger partial charge in [-0.05, 0) is 31.5 Å². The number of rotatable bonds is 0. The summed E-state index contributed by atoms with van der Waals surface area (Å²) >= 11 is 7.89. The van der Waals surface area contributed by atoms with Crippen LogP contribution in [-0.2, 0) is 12.0 Å². The molecule has 0 saturated carbocycles. The summed E-state index contributed by atoms with van der Waals surface area (Å²) in [5, 5.41) is 3.70. The summed E-state index contributed by atoms with van der Waals surface area (Å²) in [7, 11) is 2.19. The number of thiophene rings is 1. The van der Waals surface area contributed by atoms with Crippen LogP contribution in [-0.4, -0.2) is 31.6 Å². The average Bonchev–Trinajstić information content (AvgIpc) is 2.72. The number of fused-ring (bicyclic) bond motifs is 2. The van der Waals surface area contributed by atoms with Crippen molar-refractivity contribution in [2.75, 3.05) is 26.7 Å². The summed E-state index contributed by atoms with van der Waals surface area (Å²) < 4.78 is 0.942. The Morgan fingerprint density at radius 1 is 1.60 bits per heavy atom. The molecule has 1 aromatic rings. The minimum Gasteiger partial charge on any atom is -0.306 e. The predicted octanol–water partition coefficient (Wildman–Crippen LogP) is 2.08. The number of likely N-dealkylation sites (tertiary alicyclic amines) is 1.